The monoisotopic (exact) mass is 442 g/mol. The minimum atomic E-state index is -0.369. The molecule has 3 aromatic rings. The summed E-state index contributed by atoms with van der Waals surface area (Å²) in [5, 5.41) is 14.0. The van der Waals surface area contributed by atoms with Crippen molar-refractivity contribution in [1.82, 2.24) is 15.5 Å². The number of rotatable bonds is 10. The van der Waals surface area contributed by atoms with Gasteiger partial charge in [0.25, 0.3) is 5.91 Å². The summed E-state index contributed by atoms with van der Waals surface area (Å²) in [7, 11) is 3.17. The molecular weight excluding hydrogens is 420 g/mol. The molecule has 2 N–H and O–H groups in total. The van der Waals surface area contributed by atoms with Gasteiger partial charge in [-0.3, -0.25) is 9.59 Å². The number of ether oxygens (including phenoxy) is 3. The van der Waals surface area contributed by atoms with Crippen LogP contribution < -0.4 is 20.1 Å². The Labute approximate surface area is 183 Å². The molecule has 1 heterocycles. The summed E-state index contributed by atoms with van der Waals surface area (Å²) >= 11 is 1.11. The molecular formula is C21H22N4O5S. The first-order valence-corrected chi connectivity index (χ1v) is 10.1. The number of amides is 2. The molecule has 0 saturated carbocycles. The number of aromatic nitrogens is 2. The summed E-state index contributed by atoms with van der Waals surface area (Å²) in [5.41, 5.74) is 1.57. The number of carbonyl (C=O) groups is 2. The van der Waals surface area contributed by atoms with Crippen LogP contribution in [0, 0.1) is 0 Å². The maximum atomic E-state index is 12.3. The van der Waals surface area contributed by atoms with Crippen LogP contribution in [0.25, 0.3) is 0 Å². The van der Waals surface area contributed by atoms with Crippen molar-refractivity contribution in [3.05, 3.63) is 64.1 Å². The van der Waals surface area contributed by atoms with Crippen LogP contribution in [-0.4, -0.2) is 42.8 Å². The van der Waals surface area contributed by atoms with Crippen LogP contribution in [0.1, 0.15) is 20.4 Å². The van der Waals surface area contributed by atoms with Crippen LogP contribution in [0.3, 0.4) is 0 Å². The molecule has 0 saturated heterocycles. The molecule has 0 atom stereocenters. The minimum Gasteiger partial charge on any atom is -0.497 e. The molecule has 0 bridgehead atoms. The topological polar surface area (TPSA) is 112 Å². The predicted octanol–water partition coefficient (Wildman–Crippen LogP) is 2.64. The van der Waals surface area contributed by atoms with E-state index in [1.54, 1.807) is 38.5 Å². The van der Waals surface area contributed by atoms with Crippen molar-refractivity contribution in [3.63, 3.8) is 0 Å². The highest BCUT2D eigenvalue weighted by atomic mass is 32.1. The Balaban J connectivity index is 1.39. The van der Waals surface area contributed by atoms with Gasteiger partial charge in [0.1, 0.15) is 29.7 Å². The van der Waals surface area contributed by atoms with Gasteiger partial charge in [-0.05, 0) is 42.0 Å². The van der Waals surface area contributed by atoms with Gasteiger partial charge in [-0.1, -0.05) is 23.5 Å². The molecule has 0 unspecified atom stereocenters. The average Bonchev–Trinajstić information content (AvgIpc) is 3.27. The Kier molecular flexibility index (Phi) is 7.91. The van der Waals surface area contributed by atoms with E-state index in [0.29, 0.717) is 23.0 Å². The minimum absolute atomic E-state index is 0.0867. The van der Waals surface area contributed by atoms with Gasteiger partial charge in [0, 0.05) is 12.2 Å². The molecule has 1 aromatic heterocycles. The molecule has 0 radical (unpaired) electrons. The number of hydrogen-bond donors (Lipinski definition) is 2. The lowest BCUT2D eigenvalue weighted by Gasteiger charge is -2.06. The fourth-order valence-corrected chi connectivity index (χ4v) is 3.16. The normalized spacial score (nSPS) is 10.4. The second-order valence-electron chi connectivity index (χ2n) is 6.30. The van der Waals surface area contributed by atoms with Crippen molar-refractivity contribution < 1.29 is 23.8 Å². The molecule has 0 spiro atoms. The molecule has 9 nitrogen and oxygen atoms in total. The highest BCUT2D eigenvalue weighted by molar-refractivity contribution is 7.13. The summed E-state index contributed by atoms with van der Waals surface area (Å²) in [4.78, 5) is 24.2. The zero-order valence-corrected chi connectivity index (χ0v) is 17.9. The Hall–Kier alpha value is -3.50. The van der Waals surface area contributed by atoms with Gasteiger partial charge in [-0.25, -0.2) is 0 Å². The number of anilines is 1. The molecule has 0 aliphatic carbocycles. The van der Waals surface area contributed by atoms with Crippen LogP contribution in [0.5, 0.6) is 11.5 Å². The van der Waals surface area contributed by atoms with E-state index in [9.17, 15) is 9.59 Å². The van der Waals surface area contributed by atoms with Crippen LogP contribution in [-0.2, 0) is 22.7 Å². The van der Waals surface area contributed by atoms with Gasteiger partial charge in [-0.2, -0.15) is 0 Å². The fourth-order valence-electron chi connectivity index (χ4n) is 2.49. The smallest absolute Gasteiger partial charge is 0.286 e. The van der Waals surface area contributed by atoms with Crippen molar-refractivity contribution in [1.29, 1.82) is 0 Å². The van der Waals surface area contributed by atoms with Gasteiger partial charge in [0.2, 0.25) is 10.9 Å². The summed E-state index contributed by atoms with van der Waals surface area (Å²) in [5.74, 6) is 0.831. The molecule has 31 heavy (non-hydrogen) atoms. The van der Waals surface area contributed by atoms with Crippen LogP contribution in [0.4, 0.5) is 5.69 Å². The Morgan fingerprint density at radius 3 is 2.23 bits per heavy atom. The first-order valence-electron chi connectivity index (χ1n) is 9.32. The van der Waals surface area contributed by atoms with Crippen LogP contribution in [0.15, 0.2) is 48.5 Å². The number of nitrogens with one attached hydrogen (secondary N) is 2. The summed E-state index contributed by atoms with van der Waals surface area (Å²) < 4.78 is 15.6. The molecule has 10 heteroatoms. The second-order valence-corrected chi connectivity index (χ2v) is 7.36. The lowest BCUT2D eigenvalue weighted by molar-refractivity contribution is -0.126. The number of hydrogen-bond acceptors (Lipinski definition) is 8. The summed E-state index contributed by atoms with van der Waals surface area (Å²) in [6.45, 7) is 0.354. The van der Waals surface area contributed by atoms with E-state index < -0.39 is 0 Å². The van der Waals surface area contributed by atoms with E-state index in [0.717, 1.165) is 22.6 Å². The van der Waals surface area contributed by atoms with Gasteiger partial charge in [0.15, 0.2) is 0 Å². The van der Waals surface area contributed by atoms with Gasteiger partial charge >= 0.3 is 0 Å². The lowest BCUT2D eigenvalue weighted by atomic mass is 10.2. The first kappa shape index (κ1) is 22.2. The van der Waals surface area contributed by atoms with Gasteiger partial charge < -0.3 is 24.8 Å². The van der Waals surface area contributed by atoms with Gasteiger partial charge in [0.05, 0.1) is 14.2 Å². The van der Waals surface area contributed by atoms with Crippen molar-refractivity contribution in [3.8, 4) is 11.5 Å². The van der Waals surface area contributed by atoms with Crippen LogP contribution in [0.2, 0.25) is 0 Å². The quantitative estimate of drug-likeness (QED) is 0.496. The fraction of sp³-hybridized carbons (Fsp3) is 0.238. The van der Waals surface area contributed by atoms with Crippen molar-refractivity contribution in [2.45, 2.75) is 13.2 Å². The van der Waals surface area contributed by atoms with E-state index in [-0.39, 0.29) is 30.0 Å². The van der Waals surface area contributed by atoms with E-state index in [2.05, 4.69) is 20.8 Å². The molecule has 0 aliphatic rings. The highest BCUT2D eigenvalue weighted by Crippen LogP contribution is 2.17. The zero-order chi connectivity index (χ0) is 22.1. The average molecular weight is 442 g/mol. The number of benzene rings is 2. The van der Waals surface area contributed by atoms with E-state index in [1.165, 1.54) is 0 Å². The zero-order valence-electron chi connectivity index (χ0n) is 17.1. The second kappa shape index (κ2) is 11.0. The maximum absolute atomic E-state index is 12.3. The Morgan fingerprint density at radius 2 is 1.58 bits per heavy atom. The molecule has 3 rings (SSSR count). The van der Waals surface area contributed by atoms with Crippen molar-refractivity contribution in [2.24, 2.45) is 0 Å². The van der Waals surface area contributed by atoms with E-state index >= 15 is 0 Å². The number of carbonyl (C=O) groups excluding carboxylic acids is 2. The van der Waals surface area contributed by atoms with Crippen molar-refractivity contribution in [2.75, 3.05) is 26.1 Å². The maximum Gasteiger partial charge on any atom is 0.286 e. The SMILES string of the molecule is COc1ccc(CNC(=O)COCc2nnc(C(=O)Nc3ccc(OC)cc3)s2)cc1. The third-order valence-electron chi connectivity index (χ3n) is 4.12. The number of methoxy groups -OCH3 is 2. The Bertz CT molecular complexity index is 1010. The predicted molar refractivity (Wildman–Crippen MR) is 115 cm³/mol. The van der Waals surface area contributed by atoms with E-state index in [1.807, 2.05) is 24.3 Å². The number of nitrogens with zero attached hydrogens (tertiary/aromatic N) is 2. The Morgan fingerprint density at radius 1 is 0.935 bits per heavy atom. The van der Waals surface area contributed by atoms with E-state index in [4.69, 9.17) is 14.2 Å². The third-order valence-corrected chi connectivity index (χ3v) is 5.01. The molecule has 0 fully saturated rings. The summed E-state index contributed by atoms with van der Waals surface area (Å²) in [6, 6.07) is 14.4. The van der Waals surface area contributed by atoms with Gasteiger partial charge in [-0.15, -0.1) is 10.2 Å². The molecule has 162 valence electrons. The standard InChI is InChI=1S/C21H22N4O5S/c1-28-16-7-3-14(4-8-16)11-22-18(26)12-30-13-19-24-25-21(31-19)20(27)23-15-5-9-17(29-2)10-6-15/h3-10H,11-13H2,1-2H3,(H,22,26)(H,23,27). The lowest BCUT2D eigenvalue weighted by Crippen LogP contribution is -2.27. The highest BCUT2D eigenvalue weighted by Gasteiger charge is 2.14. The largest absolute Gasteiger partial charge is 0.497 e. The third kappa shape index (κ3) is 6.76. The molecule has 2 aromatic carbocycles. The molecule has 0 aliphatic heterocycles. The molecule has 2 amide bonds. The van der Waals surface area contributed by atoms with Crippen molar-refractivity contribution >= 4 is 28.8 Å². The summed E-state index contributed by atoms with van der Waals surface area (Å²) in [6.07, 6.45) is 0. The van der Waals surface area contributed by atoms with Crippen LogP contribution >= 0.6 is 11.3 Å². The first-order chi connectivity index (χ1) is 15.1.